The summed E-state index contributed by atoms with van der Waals surface area (Å²) in [6, 6.07) is 24.9. The van der Waals surface area contributed by atoms with Gasteiger partial charge in [-0.05, 0) is 48.9 Å². The van der Waals surface area contributed by atoms with Gasteiger partial charge in [0.25, 0.3) is 0 Å². The monoisotopic (exact) mass is 618 g/mol. The molecule has 0 aliphatic rings. The molecule has 0 unspecified atom stereocenters. The van der Waals surface area contributed by atoms with Gasteiger partial charge in [0.15, 0.2) is 15.3 Å². The van der Waals surface area contributed by atoms with E-state index >= 15 is 0 Å². The molecule has 42 heavy (non-hydrogen) atoms. The molecule has 2 N–H and O–H groups in total. The second kappa shape index (κ2) is 14.9. The summed E-state index contributed by atoms with van der Waals surface area (Å²) in [4.78, 5) is 29.5. The lowest BCUT2D eigenvalue weighted by atomic mass is 10.3. The largest absolute Gasteiger partial charge is 0.486 e. The van der Waals surface area contributed by atoms with Crippen LogP contribution in [0, 0.1) is 0 Å². The first-order chi connectivity index (χ1) is 20.6. The standard InChI is InChI=1S/C30H30N6O3S3/c1-2-3-16-31-27(37)19-41-30-33-24-15-14-21(17-25(24)42-30)32-28(38)20-40-29-35-34-26(18-39-23-12-8-5-9-13-23)36(29)22-10-6-4-7-11-22/h4-15,17H,2-3,16,18-20H2,1H3,(H,31,37)(H,32,38). The molecule has 2 amide bonds. The van der Waals surface area contributed by atoms with E-state index in [1.165, 1.54) is 34.9 Å². The van der Waals surface area contributed by atoms with Crippen LogP contribution in [0.25, 0.3) is 15.9 Å². The molecule has 5 aromatic rings. The van der Waals surface area contributed by atoms with Crippen molar-refractivity contribution >= 4 is 62.6 Å². The quantitative estimate of drug-likeness (QED) is 0.112. The number of nitrogens with one attached hydrogen (secondary N) is 2. The molecule has 0 atom stereocenters. The van der Waals surface area contributed by atoms with Crippen LogP contribution in [0.4, 0.5) is 5.69 Å². The first-order valence-corrected chi connectivity index (χ1v) is 16.3. The third-order valence-corrected chi connectivity index (χ3v) is 9.08. The van der Waals surface area contributed by atoms with Crippen LogP contribution in [-0.4, -0.2) is 49.6 Å². The number of hydrogen-bond donors (Lipinski definition) is 2. The number of para-hydroxylation sites is 2. The average molecular weight is 619 g/mol. The number of ether oxygens (including phenoxy) is 1. The van der Waals surface area contributed by atoms with Crippen LogP contribution in [-0.2, 0) is 16.2 Å². The lowest BCUT2D eigenvalue weighted by molar-refractivity contribution is -0.118. The molecule has 0 radical (unpaired) electrons. The van der Waals surface area contributed by atoms with E-state index in [-0.39, 0.29) is 24.2 Å². The lowest BCUT2D eigenvalue weighted by Gasteiger charge is -2.11. The Morgan fingerprint density at radius 3 is 2.48 bits per heavy atom. The van der Waals surface area contributed by atoms with E-state index in [1.54, 1.807) is 0 Å². The smallest absolute Gasteiger partial charge is 0.234 e. The van der Waals surface area contributed by atoms with E-state index in [9.17, 15) is 9.59 Å². The van der Waals surface area contributed by atoms with Crippen LogP contribution >= 0.6 is 34.9 Å². The highest BCUT2D eigenvalue weighted by molar-refractivity contribution is 8.01. The maximum absolute atomic E-state index is 12.9. The van der Waals surface area contributed by atoms with Crippen molar-refractivity contribution < 1.29 is 14.3 Å². The Balaban J connectivity index is 1.19. The van der Waals surface area contributed by atoms with E-state index in [0.29, 0.717) is 29.0 Å². The zero-order valence-electron chi connectivity index (χ0n) is 23.0. The number of nitrogens with zero attached hydrogens (tertiary/aromatic N) is 4. The van der Waals surface area contributed by atoms with Crippen LogP contribution in [0.3, 0.4) is 0 Å². The molecule has 0 spiro atoms. The highest BCUT2D eigenvalue weighted by Gasteiger charge is 2.17. The van der Waals surface area contributed by atoms with Gasteiger partial charge in [0, 0.05) is 17.9 Å². The zero-order chi connectivity index (χ0) is 29.1. The maximum Gasteiger partial charge on any atom is 0.234 e. The third kappa shape index (κ3) is 8.11. The number of benzene rings is 3. The minimum Gasteiger partial charge on any atom is -0.486 e. The first-order valence-electron chi connectivity index (χ1n) is 13.5. The van der Waals surface area contributed by atoms with Crippen molar-refractivity contribution in [3.05, 3.63) is 84.7 Å². The van der Waals surface area contributed by atoms with Crippen LogP contribution in [0.2, 0.25) is 0 Å². The summed E-state index contributed by atoms with van der Waals surface area (Å²) in [5, 5.41) is 15.2. The number of thiazole rings is 1. The summed E-state index contributed by atoms with van der Waals surface area (Å²) in [6.45, 7) is 3.03. The van der Waals surface area contributed by atoms with E-state index < -0.39 is 0 Å². The van der Waals surface area contributed by atoms with Crippen molar-refractivity contribution in [1.82, 2.24) is 25.1 Å². The number of carbonyl (C=O) groups excluding carboxylic acids is 2. The summed E-state index contributed by atoms with van der Waals surface area (Å²) in [5.41, 5.74) is 2.41. The minimum absolute atomic E-state index is 0.0112. The van der Waals surface area contributed by atoms with Gasteiger partial charge in [0.2, 0.25) is 11.8 Å². The molecule has 5 rings (SSSR count). The summed E-state index contributed by atoms with van der Waals surface area (Å²) in [6.07, 6.45) is 2.02. The van der Waals surface area contributed by atoms with E-state index in [4.69, 9.17) is 4.74 Å². The number of aromatic nitrogens is 4. The number of unbranched alkanes of at least 4 members (excludes halogenated alkanes) is 1. The Kier molecular flexibility index (Phi) is 10.5. The predicted octanol–water partition coefficient (Wildman–Crippen LogP) is 6.20. The molecular weight excluding hydrogens is 589 g/mol. The normalized spacial score (nSPS) is 11.0. The molecule has 0 saturated heterocycles. The number of fused-ring (bicyclic) bond motifs is 1. The van der Waals surface area contributed by atoms with Gasteiger partial charge in [0.1, 0.15) is 12.4 Å². The molecule has 12 heteroatoms. The van der Waals surface area contributed by atoms with Crippen LogP contribution in [0.1, 0.15) is 25.6 Å². The summed E-state index contributed by atoms with van der Waals surface area (Å²) >= 11 is 4.23. The van der Waals surface area contributed by atoms with Crippen LogP contribution < -0.4 is 15.4 Å². The Labute approximate surface area is 256 Å². The van der Waals surface area contributed by atoms with E-state index in [2.05, 4.69) is 32.7 Å². The number of thioether (sulfide) groups is 2. The van der Waals surface area contributed by atoms with Gasteiger partial charge in [0.05, 0.1) is 21.7 Å². The number of anilines is 1. The van der Waals surface area contributed by atoms with E-state index in [0.717, 1.165) is 38.8 Å². The molecule has 9 nitrogen and oxygen atoms in total. The van der Waals surface area contributed by atoms with Crippen LogP contribution in [0.5, 0.6) is 5.75 Å². The maximum atomic E-state index is 12.9. The summed E-state index contributed by atoms with van der Waals surface area (Å²) in [5.74, 6) is 1.71. The van der Waals surface area contributed by atoms with Gasteiger partial charge >= 0.3 is 0 Å². The first kappa shape index (κ1) is 29.6. The van der Waals surface area contributed by atoms with Crippen molar-refractivity contribution in [2.24, 2.45) is 0 Å². The Morgan fingerprint density at radius 1 is 0.929 bits per heavy atom. The SMILES string of the molecule is CCCCNC(=O)CSc1nc2ccc(NC(=O)CSc3nnc(COc4ccccc4)n3-c3ccccc3)cc2s1. The van der Waals surface area contributed by atoms with Crippen molar-refractivity contribution in [3.8, 4) is 11.4 Å². The fourth-order valence-electron chi connectivity index (χ4n) is 3.94. The molecule has 2 heterocycles. The van der Waals surface area contributed by atoms with Gasteiger partial charge < -0.3 is 15.4 Å². The minimum atomic E-state index is -0.160. The van der Waals surface area contributed by atoms with Crippen molar-refractivity contribution in [3.63, 3.8) is 0 Å². The number of amides is 2. The third-order valence-electron chi connectivity index (χ3n) is 5.99. The van der Waals surface area contributed by atoms with Gasteiger partial charge in [-0.25, -0.2) is 4.98 Å². The number of carbonyl (C=O) groups is 2. The molecule has 0 aliphatic heterocycles. The number of rotatable bonds is 14. The molecular formula is C30H30N6O3S3. The highest BCUT2D eigenvalue weighted by atomic mass is 32.2. The molecule has 3 aromatic carbocycles. The van der Waals surface area contributed by atoms with Crippen LogP contribution in [0.15, 0.2) is 88.4 Å². The lowest BCUT2D eigenvalue weighted by Crippen LogP contribution is -2.25. The molecule has 0 aliphatic carbocycles. The molecule has 216 valence electrons. The van der Waals surface area contributed by atoms with Gasteiger partial charge in [-0.1, -0.05) is 73.3 Å². The Bertz CT molecular complexity index is 1630. The van der Waals surface area contributed by atoms with Gasteiger partial charge in [-0.2, -0.15) is 0 Å². The average Bonchev–Trinajstić information content (AvgIpc) is 3.62. The summed E-state index contributed by atoms with van der Waals surface area (Å²) in [7, 11) is 0. The zero-order valence-corrected chi connectivity index (χ0v) is 25.4. The van der Waals surface area contributed by atoms with E-state index in [1.807, 2.05) is 83.4 Å². The second-order valence-corrected chi connectivity index (χ2v) is 12.4. The second-order valence-electron chi connectivity index (χ2n) is 9.16. The van der Waals surface area contributed by atoms with Gasteiger partial charge in [-0.3, -0.25) is 14.2 Å². The highest BCUT2D eigenvalue weighted by Crippen LogP contribution is 2.31. The molecule has 0 fully saturated rings. The van der Waals surface area contributed by atoms with Crippen molar-refractivity contribution in [2.75, 3.05) is 23.4 Å². The fraction of sp³-hybridized carbons (Fsp3) is 0.233. The molecule has 0 bridgehead atoms. The molecule has 2 aromatic heterocycles. The van der Waals surface area contributed by atoms with Gasteiger partial charge in [-0.15, -0.1) is 21.5 Å². The van der Waals surface area contributed by atoms with Crippen molar-refractivity contribution in [2.45, 2.75) is 35.9 Å². The Morgan fingerprint density at radius 2 is 1.69 bits per heavy atom. The predicted molar refractivity (Wildman–Crippen MR) is 170 cm³/mol. The fourth-order valence-corrected chi connectivity index (χ4v) is 6.65. The Hall–Kier alpha value is -3.87. The topological polar surface area (TPSA) is 111 Å². The number of hydrogen-bond acceptors (Lipinski definition) is 9. The molecule has 0 saturated carbocycles. The summed E-state index contributed by atoms with van der Waals surface area (Å²) < 4.78 is 9.60. The van der Waals surface area contributed by atoms with Crippen molar-refractivity contribution in [1.29, 1.82) is 0 Å².